The molecule has 1 aliphatic carbocycles. The van der Waals surface area contributed by atoms with E-state index >= 15 is 0 Å². The molecule has 0 radical (unpaired) electrons. The molecular formula is C14H20N4O2. The molecule has 2 N–H and O–H groups in total. The lowest BCUT2D eigenvalue weighted by Crippen LogP contribution is -2.58. The number of nitrogens with zero attached hydrogens (tertiary/aromatic N) is 2. The Balaban J connectivity index is 1.76. The van der Waals surface area contributed by atoms with Crippen LogP contribution in [0.4, 0.5) is 11.5 Å². The van der Waals surface area contributed by atoms with Crippen LogP contribution in [0, 0.1) is 17.0 Å². The van der Waals surface area contributed by atoms with E-state index in [0.717, 1.165) is 25.1 Å². The van der Waals surface area contributed by atoms with Crippen molar-refractivity contribution in [2.45, 2.75) is 50.6 Å². The number of aromatic nitrogens is 1. The molecule has 2 fully saturated rings. The Morgan fingerprint density at radius 3 is 2.95 bits per heavy atom. The molecule has 20 heavy (non-hydrogen) atoms. The molecule has 0 aromatic carbocycles. The SMILES string of the molecule is Cc1ccc([N+](=O)[O-])c(NC2CCNC3(CCC3)C2)n1. The molecule has 1 saturated heterocycles. The molecule has 2 aliphatic rings. The summed E-state index contributed by atoms with van der Waals surface area (Å²) in [6.07, 6.45) is 5.72. The highest BCUT2D eigenvalue weighted by Gasteiger charge is 2.41. The summed E-state index contributed by atoms with van der Waals surface area (Å²) in [5, 5.41) is 18.0. The summed E-state index contributed by atoms with van der Waals surface area (Å²) in [5.41, 5.74) is 1.14. The zero-order valence-electron chi connectivity index (χ0n) is 11.7. The summed E-state index contributed by atoms with van der Waals surface area (Å²) in [6, 6.07) is 3.48. The molecule has 1 aromatic rings. The second-order valence-electron chi connectivity index (χ2n) is 5.97. The van der Waals surface area contributed by atoms with E-state index in [-0.39, 0.29) is 22.2 Å². The van der Waals surface area contributed by atoms with E-state index in [1.165, 1.54) is 25.3 Å². The first-order chi connectivity index (χ1) is 9.58. The Kier molecular flexibility index (Phi) is 3.33. The lowest BCUT2D eigenvalue weighted by molar-refractivity contribution is -0.384. The van der Waals surface area contributed by atoms with Gasteiger partial charge in [0.15, 0.2) is 0 Å². The Morgan fingerprint density at radius 2 is 2.30 bits per heavy atom. The van der Waals surface area contributed by atoms with Crippen LogP contribution in [0.5, 0.6) is 0 Å². The first-order valence-electron chi connectivity index (χ1n) is 7.22. The van der Waals surface area contributed by atoms with Crippen LogP contribution in [-0.2, 0) is 0 Å². The average Bonchev–Trinajstić information content (AvgIpc) is 2.37. The number of nitro groups is 1. The highest BCUT2D eigenvalue weighted by molar-refractivity contribution is 5.56. The van der Waals surface area contributed by atoms with Crippen molar-refractivity contribution < 1.29 is 4.92 Å². The van der Waals surface area contributed by atoms with Gasteiger partial charge in [-0.2, -0.15) is 0 Å². The number of hydrogen-bond donors (Lipinski definition) is 2. The van der Waals surface area contributed by atoms with Gasteiger partial charge in [0.1, 0.15) is 0 Å². The standard InChI is InChI=1S/C14H20N4O2/c1-10-3-4-12(18(19)20)13(16-10)17-11-5-8-15-14(9-11)6-2-7-14/h3-4,11,15H,2,5-9H2,1H3,(H,16,17). The summed E-state index contributed by atoms with van der Waals surface area (Å²) in [7, 11) is 0. The van der Waals surface area contributed by atoms with E-state index in [9.17, 15) is 10.1 Å². The Morgan fingerprint density at radius 1 is 1.50 bits per heavy atom. The van der Waals surface area contributed by atoms with E-state index in [4.69, 9.17) is 0 Å². The van der Waals surface area contributed by atoms with Gasteiger partial charge in [-0.05, 0) is 51.6 Å². The van der Waals surface area contributed by atoms with E-state index < -0.39 is 0 Å². The number of rotatable bonds is 3. The molecular weight excluding hydrogens is 256 g/mol. The highest BCUT2D eigenvalue weighted by Crippen LogP contribution is 2.39. The fourth-order valence-corrected chi connectivity index (χ4v) is 3.26. The number of pyridine rings is 1. The minimum atomic E-state index is -0.366. The quantitative estimate of drug-likeness (QED) is 0.654. The van der Waals surface area contributed by atoms with Gasteiger partial charge in [0, 0.05) is 23.3 Å². The molecule has 1 aliphatic heterocycles. The minimum Gasteiger partial charge on any atom is -0.361 e. The number of hydrogen-bond acceptors (Lipinski definition) is 5. The van der Waals surface area contributed by atoms with Gasteiger partial charge in [0.25, 0.3) is 0 Å². The maximum Gasteiger partial charge on any atom is 0.311 e. The second kappa shape index (κ2) is 5.01. The van der Waals surface area contributed by atoms with E-state index in [1.807, 2.05) is 6.92 Å². The highest BCUT2D eigenvalue weighted by atomic mass is 16.6. The molecule has 6 heteroatoms. The molecule has 108 valence electrons. The number of anilines is 1. The predicted octanol–water partition coefficient (Wildman–Crippen LogP) is 2.38. The maximum atomic E-state index is 11.1. The first-order valence-corrected chi connectivity index (χ1v) is 7.22. The molecule has 1 atom stereocenters. The van der Waals surface area contributed by atoms with Crippen LogP contribution in [0.3, 0.4) is 0 Å². The van der Waals surface area contributed by atoms with Crippen LogP contribution < -0.4 is 10.6 Å². The van der Waals surface area contributed by atoms with E-state index in [0.29, 0.717) is 5.82 Å². The molecule has 0 bridgehead atoms. The van der Waals surface area contributed by atoms with E-state index in [2.05, 4.69) is 15.6 Å². The zero-order valence-corrected chi connectivity index (χ0v) is 11.7. The van der Waals surface area contributed by atoms with Crippen molar-refractivity contribution in [3.63, 3.8) is 0 Å². The van der Waals surface area contributed by atoms with Crippen LogP contribution in [0.25, 0.3) is 0 Å². The zero-order chi connectivity index (χ0) is 14.2. The molecule has 2 heterocycles. The molecule has 1 aromatic heterocycles. The third-order valence-corrected chi connectivity index (χ3v) is 4.49. The monoisotopic (exact) mass is 276 g/mol. The molecule has 1 unspecified atom stereocenters. The lowest BCUT2D eigenvalue weighted by Gasteiger charge is -2.48. The van der Waals surface area contributed by atoms with Crippen molar-refractivity contribution in [1.82, 2.24) is 10.3 Å². The molecule has 3 rings (SSSR count). The minimum absolute atomic E-state index is 0.0665. The first kappa shape index (κ1) is 13.3. The van der Waals surface area contributed by atoms with Gasteiger partial charge in [-0.3, -0.25) is 10.1 Å². The maximum absolute atomic E-state index is 11.1. The Hall–Kier alpha value is -1.69. The van der Waals surface area contributed by atoms with Crippen LogP contribution in [-0.4, -0.2) is 28.0 Å². The third kappa shape index (κ3) is 2.47. The number of aryl methyl sites for hydroxylation is 1. The Bertz CT molecular complexity index is 528. The van der Waals surface area contributed by atoms with Crippen molar-refractivity contribution in [3.8, 4) is 0 Å². The van der Waals surface area contributed by atoms with Gasteiger partial charge in [-0.1, -0.05) is 0 Å². The predicted molar refractivity (Wildman–Crippen MR) is 76.9 cm³/mol. The van der Waals surface area contributed by atoms with Gasteiger partial charge in [-0.25, -0.2) is 4.98 Å². The third-order valence-electron chi connectivity index (χ3n) is 4.49. The van der Waals surface area contributed by atoms with Crippen LogP contribution >= 0.6 is 0 Å². The van der Waals surface area contributed by atoms with Crippen molar-refractivity contribution >= 4 is 11.5 Å². The van der Waals surface area contributed by atoms with E-state index in [1.54, 1.807) is 6.07 Å². The van der Waals surface area contributed by atoms with Crippen LogP contribution in [0.15, 0.2) is 12.1 Å². The lowest BCUT2D eigenvalue weighted by atomic mass is 9.70. The number of nitrogens with one attached hydrogen (secondary N) is 2. The molecule has 0 amide bonds. The normalized spacial score (nSPS) is 24.1. The average molecular weight is 276 g/mol. The molecule has 6 nitrogen and oxygen atoms in total. The fourth-order valence-electron chi connectivity index (χ4n) is 3.26. The topological polar surface area (TPSA) is 80.1 Å². The summed E-state index contributed by atoms with van der Waals surface area (Å²) < 4.78 is 0. The summed E-state index contributed by atoms with van der Waals surface area (Å²) in [4.78, 5) is 15.0. The largest absolute Gasteiger partial charge is 0.361 e. The molecule has 1 spiro atoms. The van der Waals surface area contributed by atoms with Crippen molar-refractivity contribution in [3.05, 3.63) is 27.9 Å². The molecule has 1 saturated carbocycles. The van der Waals surface area contributed by atoms with Gasteiger partial charge in [0.2, 0.25) is 5.82 Å². The van der Waals surface area contributed by atoms with Crippen molar-refractivity contribution in [2.75, 3.05) is 11.9 Å². The van der Waals surface area contributed by atoms with Crippen LogP contribution in [0.2, 0.25) is 0 Å². The summed E-state index contributed by atoms with van der Waals surface area (Å²) in [6.45, 7) is 2.82. The summed E-state index contributed by atoms with van der Waals surface area (Å²) in [5.74, 6) is 0.413. The smallest absolute Gasteiger partial charge is 0.311 e. The summed E-state index contributed by atoms with van der Waals surface area (Å²) >= 11 is 0. The van der Waals surface area contributed by atoms with Gasteiger partial charge in [-0.15, -0.1) is 0 Å². The Labute approximate surface area is 118 Å². The van der Waals surface area contributed by atoms with Crippen molar-refractivity contribution in [1.29, 1.82) is 0 Å². The second-order valence-corrected chi connectivity index (χ2v) is 5.97. The van der Waals surface area contributed by atoms with Crippen LogP contribution in [0.1, 0.15) is 37.8 Å². The van der Waals surface area contributed by atoms with Gasteiger partial charge < -0.3 is 10.6 Å². The van der Waals surface area contributed by atoms with Gasteiger partial charge in [0.05, 0.1) is 4.92 Å². The van der Waals surface area contributed by atoms with Crippen molar-refractivity contribution in [2.24, 2.45) is 0 Å². The number of piperidine rings is 1. The fraction of sp³-hybridized carbons (Fsp3) is 0.643. The van der Waals surface area contributed by atoms with Gasteiger partial charge >= 0.3 is 5.69 Å².